The predicted octanol–water partition coefficient (Wildman–Crippen LogP) is 1.29. The van der Waals surface area contributed by atoms with E-state index in [0.29, 0.717) is 23.4 Å². The number of rotatable bonds is 5. The fraction of sp³-hybridized carbons (Fsp3) is 0.500. The fourth-order valence-electron chi connectivity index (χ4n) is 1.98. The van der Waals surface area contributed by atoms with E-state index in [-0.39, 0.29) is 23.6 Å². The molecule has 0 bridgehead atoms. The molecule has 0 spiro atoms. The van der Waals surface area contributed by atoms with E-state index in [1.807, 2.05) is 0 Å². The Morgan fingerprint density at radius 2 is 2.16 bits per heavy atom. The van der Waals surface area contributed by atoms with Crippen LogP contribution in [0.15, 0.2) is 23.1 Å². The number of methoxy groups -OCH3 is 1. The molecule has 2 N–H and O–H groups in total. The smallest absolute Gasteiger partial charge is 0.240 e. The molecule has 0 radical (unpaired) electrons. The lowest BCUT2D eigenvalue weighted by atomic mass is 9.90. The normalized spacial score (nSPS) is 23.1. The summed E-state index contributed by atoms with van der Waals surface area (Å²) in [5.41, 5.74) is 0.396. The third-order valence-electron chi connectivity index (χ3n) is 3.25. The Kier molecular flexibility index (Phi) is 4.47. The summed E-state index contributed by atoms with van der Waals surface area (Å²) in [4.78, 5) is 0.113. The van der Waals surface area contributed by atoms with Crippen molar-refractivity contribution in [2.24, 2.45) is 0 Å². The van der Waals surface area contributed by atoms with Gasteiger partial charge < -0.3 is 9.84 Å². The van der Waals surface area contributed by atoms with Gasteiger partial charge in [0.1, 0.15) is 0 Å². The number of benzene rings is 1. The highest BCUT2D eigenvalue weighted by molar-refractivity contribution is 7.89. The summed E-state index contributed by atoms with van der Waals surface area (Å²) < 4.78 is 32.0. The molecule has 0 unspecified atom stereocenters. The summed E-state index contributed by atoms with van der Waals surface area (Å²) in [5, 5.41) is 9.45. The van der Waals surface area contributed by atoms with E-state index < -0.39 is 10.0 Å². The molecule has 0 aromatic heterocycles. The van der Waals surface area contributed by atoms with Crippen LogP contribution in [0.1, 0.15) is 18.4 Å². The number of ether oxygens (including phenoxy) is 1. The molecule has 106 valence electrons. The van der Waals surface area contributed by atoms with Gasteiger partial charge in [-0.05, 0) is 36.6 Å². The molecule has 1 aliphatic carbocycles. The Morgan fingerprint density at radius 3 is 2.74 bits per heavy atom. The largest absolute Gasteiger partial charge is 0.392 e. The molecule has 0 amide bonds. The van der Waals surface area contributed by atoms with Crippen molar-refractivity contribution >= 4 is 21.6 Å². The molecule has 2 rings (SSSR count). The van der Waals surface area contributed by atoms with E-state index in [0.717, 1.165) is 0 Å². The van der Waals surface area contributed by atoms with E-state index in [2.05, 4.69) is 4.72 Å². The first-order valence-electron chi connectivity index (χ1n) is 5.90. The van der Waals surface area contributed by atoms with Gasteiger partial charge in [-0.3, -0.25) is 0 Å². The van der Waals surface area contributed by atoms with Crippen molar-refractivity contribution in [2.75, 3.05) is 7.11 Å². The number of hydrogen-bond acceptors (Lipinski definition) is 4. The molecule has 5 nitrogen and oxygen atoms in total. The number of aliphatic hydroxyl groups is 1. The summed E-state index contributed by atoms with van der Waals surface area (Å²) in [6.07, 6.45) is 1.48. The lowest BCUT2D eigenvalue weighted by Crippen LogP contribution is -2.47. The summed E-state index contributed by atoms with van der Waals surface area (Å²) >= 11 is 5.84. The van der Waals surface area contributed by atoms with Gasteiger partial charge in [-0.2, -0.15) is 0 Å². The third kappa shape index (κ3) is 3.27. The highest BCUT2D eigenvalue weighted by Gasteiger charge is 2.32. The van der Waals surface area contributed by atoms with Crippen molar-refractivity contribution in [3.8, 4) is 0 Å². The predicted molar refractivity (Wildman–Crippen MR) is 71.5 cm³/mol. The zero-order valence-electron chi connectivity index (χ0n) is 10.5. The second-order valence-corrected chi connectivity index (χ2v) is 6.68. The number of nitrogens with one attached hydrogen (secondary N) is 1. The molecule has 1 saturated carbocycles. The third-order valence-corrected chi connectivity index (χ3v) is 5.13. The Morgan fingerprint density at radius 1 is 1.47 bits per heavy atom. The van der Waals surface area contributed by atoms with Crippen molar-refractivity contribution in [1.82, 2.24) is 4.72 Å². The van der Waals surface area contributed by atoms with Crippen LogP contribution in [0.25, 0.3) is 0 Å². The van der Waals surface area contributed by atoms with Crippen LogP contribution in [0.4, 0.5) is 0 Å². The summed E-state index contributed by atoms with van der Waals surface area (Å²) in [7, 11) is -1.96. The Labute approximate surface area is 117 Å². The molecule has 7 heteroatoms. The number of hydrogen-bond donors (Lipinski definition) is 2. The van der Waals surface area contributed by atoms with Gasteiger partial charge in [0.25, 0.3) is 0 Å². The van der Waals surface area contributed by atoms with Crippen molar-refractivity contribution in [3.63, 3.8) is 0 Å². The maximum Gasteiger partial charge on any atom is 0.240 e. The first-order valence-corrected chi connectivity index (χ1v) is 7.77. The number of aliphatic hydroxyl groups excluding tert-OH is 1. The van der Waals surface area contributed by atoms with Crippen LogP contribution >= 0.6 is 11.6 Å². The second-order valence-electron chi connectivity index (χ2n) is 4.56. The molecule has 0 saturated heterocycles. The summed E-state index contributed by atoms with van der Waals surface area (Å²) in [6, 6.07) is 4.19. The lowest BCUT2D eigenvalue weighted by Gasteiger charge is -2.34. The van der Waals surface area contributed by atoms with Crippen molar-refractivity contribution in [2.45, 2.75) is 36.5 Å². The first-order chi connectivity index (χ1) is 8.96. The quantitative estimate of drug-likeness (QED) is 0.859. The average molecular weight is 306 g/mol. The van der Waals surface area contributed by atoms with E-state index in [1.54, 1.807) is 7.11 Å². The van der Waals surface area contributed by atoms with Gasteiger partial charge >= 0.3 is 0 Å². The van der Waals surface area contributed by atoms with E-state index >= 15 is 0 Å². The van der Waals surface area contributed by atoms with Gasteiger partial charge in [-0.25, -0.2) is 13.1 Å². The Hall–Kier alpha value is -0.660. The van der Waals surface area contributed by atoms with Gasteiger partial charge in [-0.1, -0.05) is 11.6 Å². The van der Waals surface area contributed by atoms with Crippen LogP contribution in [-0.2, 0) is 21.4 Å². The molecular formula is C12H16ClNO4S. The highest BCUT2D eigenvalue weighted by atomic mass is 35.5. The van der Waals surface area contributed by atoms with Crippen LogP contribution < -0.4 is 4.72 Å². The SMILES string of the molecule is COC1CC(NS(=O)(=O)c2ccc(Cl)c(CO)c2)C1. The molecule has 1 aromatic rings. The first kappa shape index (κ1) is 14.7. The Balaban J connectivity index is 2.11. The molecule has 1 fully saturated rings. The van der Waals surface area contributed by atoms with Gasteiger partial charge in [0, 0.05) is 18.2 Å². The van der Waals surface area contributed by atoms with Crippen molar-refractivity contribution in [1.29, 1.82) is 0 Å². The van der Waals surface area contributed by atoms with Crippen LogP contribution in [0.2, 0.25) is 5.02 Å². The Bertz CT molecular complexity index is 555. The molecule has 0 aliphatic heterocycles. The van der Waals surface area contributed by atoms with E-state index in [4.69, 9.17) is 21.4 Å². The molecule has 19 heavy (non-hydrogen) atoms. The van der Waals surface area contributed by atoms with Gasteiger partial charge in [0.15, 0.2) is 0 Å². The zero-order valence-corrected chi connectivity index (χ0v) is 12.0. The number of sulfonamides is 1. The van der Waals surface area contributed by atoms with E-state index in [1.165, 1.54) is 18.2 Å². The molecule has 1 aliphatic rings. The van der Waals surface area contributed by atoms with Gasteiger partial charge in [0.05, 0.1) is 17.6 Å². The molecule has 1 aromatic carbocycles. The minimum atomic E-state index is -3.58. The maximum absolute atomic E-state index is 12.1. The highest BCUT2D eigenvalue weighted by Crippen LogP contribution is 2.26. The van der Waals surface area contributed by atoms with E-state index in [9.17, 15) is 8.42 Å². The molecule has 0 atom stereocenters. The van der Waals surface area contributed by atoms with Crippen LogP contribution in [0, 0.1) is 0 Å². The lowest BCUT2D eigenvalue weighted by molar-refractivity contribution is 0.0236. The minimum Gasteiger partial charge on any atom is -0.392 e. The second kappa shape index (κ2) is 5.76. The molecular weight excluding hydrogens is 290 g/mol. The summed E-state index contributed by atoms with van der Waals surface area (Å²) in [6.45, 7) is -0.294. The topological polar surface area (TPSA) is 75.6 Å². The standard InChI is InChI=1S/C12H16ClNO4S/c1-18-10-5-9(6-10)14-19(16,17)11-2-3-12(13)8(4-11)7-15/h2-4,9-10,14-15H,5-7H2,1H3. The molecule has 0 heterocycles. The maximum atomic E-state index is 12.1. The van der Waals surface area contributed by atoms with Crippen molar-refractivity contribution in [3.05, 3.63) is 28.8 Å². The van der Waals surface area contributed by atoms with Crippen LogP contribution in [0.5, 0.6) is 0 Å². The van der Waals surface area contributed by atoms with Gasteiger partial charge in [-0.15, -0.1) is 0 Å². The van der Waals surface area contributed by atoms with Gasteiger partial charge in [0.2, 0.25) is 10.0 Å². The van der Waals surface area contributed by atoms with Crippen LogP contribution in [0.3, 0.4) is 0 Å². The summed E-state index contributed by atoms with van der Waals surface area (Å²) in [5.74, 6) is 0. The monoisotopic (exact) mass is 305 g/mol. The van der Waals surface area contributed by atoms with Crippen LogP contribution in [-0.4, -0.2) is 32.8 Å². The average Bonchev–Trinajstić information content (AvgIpc) is 2.33. The van der Waals surface area contributed by atoms with Crippen molar-refractivity contribution < 1.29 is 18.3 Å². The minimum absolute atomic E-state index is 0.0943. The number of halogens is 1. The fourth-order valence-corrected chi connectivity index (χ4v) is 3.47. The zero-order chi connectivity index (χ0) is 14.0.